The highest BCUT2D eigenvalue weighted by Crippen LogP contribution is 2.37. The highest BCUT2D eigenvalue weighted by Gasteiger charge is 2.32. The minimum Gasteiger partial charge on any atom is -0.371 e. The predicted molar refractivity (Wildman–Crippen MR) is 78.8 cm³/mol. The molecule has 0 bridgehead atoms. The van der Waals surface area contributed by atoms with Gasteiger partial charge >= 0.3 is 0 Å². The lowest BCUT2D eigenvalue weighted by Crippen LogP contribution is -2.26. The molecule has 18 heavy (non-hydrogen) atoms. The number of nitrogens with zero attached hydrogens (tertiary/aromatic N) is 1. The van der Waals surface area contributed by atoms with Crippen LogP contribution in [0.5, 0.6) is 0 Å². The second-order valence-electron chi connectivity index (χ2n) is 6.20. The Morgan fingerprint density at radius 1 is 1.39 bits per heavy atom. The normalized spacial score (nSPS) is 20.5. The molecule has 100 valence electrons. The van der Waals surface area contributed by atoms with Crippen LogP contribution in [0.3, 0.4) is 0 Å². The van der Waals surface area contributed by atoms with E-state index in [1.807, 2.05) is 6.07 Å². The van der Waals surface area contributed by atoms with Crippen LogP contribution in [0.25, 0.3) is 0 Å². The van der Waals surface area contributed by atoms with Crippen molar-refractivity contribution in [3.63, 3.8) is 0 Å². The SMILES string of the molecule is CC(C)(C)C1CCN(c2ccc(F)cc2CBr)C1. The first-order valence-corrected chi connectivity index (χ1v) is 7.63. The molecule has 1 atom stereocenters. The van der Waals surface area contributed by atoms with Crippen LogP contribution < -0.4 is 4.90 Å². The van der Waals surface area contributed by atoms with Crippen molar-refractivity contribution in [1.82, 2.24) is 0 Å². The van der Waals surface area contributed by atoms with E-state index in [2.05, 4.69) is 41.6 Å². The average molecular weight is 314 g/mol. The van der Waals surface area contributed by atoms with Crippen LogP contribution >= 0.6 is 15.9 Å². The highest BCUT2D eigenvalue weighted by molar-refractivity contribution is 9.08. The second kappa shape index (κ2) is 5.20. The molecule has 0 aromatic heterocycles. The maximum absolute atomic E-state index is 13.2. The standard InChI is InChI=1S/C15H21BrFN/c1-15(2,3)12-6-7-18(10-12)14-5-4-13(17)8-11(14)9-16/h4-5,8,12H,6-7,9-10H2,1-3H3. The second-order valence-corrected chi connectivity index (χ2v) is 6.77. The molecule has 0 N–H and O–H groups in total. The first-order valence-electron chi connectivity index (χ1n) is 6.51. The van der Waals surface area contributed by atoms with Crippen LogP contribution in [-0.4, -0.2) is 13.1 Å². The number of alkyl halides is 1. The third kappa shape index (κ3) is 2.87. The Bertz CT molecular complexity index is 425. The molecular formula is C15H21BrFN. The number of anilines is 1. The zero-order valence-corrected chi connectivity index (χ0v) is 12.9. The number of benzene rings is 1. The third-order valence-corrected chi connectivity index (χ3v) is 4.54. The van der Waals surface area contributed by atoms with Crippen LogP contribution in [0.15, 0.2) is 18.2 Å². The summed E-state index contributed by atoms with van der Waals surface area (Å²) in [7, 11) is 0. The number of hydrogen-bond donors (Lipinski definition) is 0. The minimum atomic E-state index is -0.153. The maximum Gasteiger partial charge on any atom is 0.123 e. The van der Waals surface area contributed by atoms with Crippen molar-refractivity contribution in [3.05, 3.63) is 29.6 Å². The molecule has 2 rings (SSSR count). The first-order chi connectivity index (χ1) is 8.41. The van der Waals surface area contributed by atoms with Crippen molar-refractivity contribution in [3.8, 4) is 0 Å². The van der Waals surface area contributed by atoms with Gasteiger partial charge in [-0.2, -0.15) is 0 Å². The fourth-order valence-corrected chi connectivity index (χ4v) is 3.10. The van der Waals surface area contributed by atoms with Crippen LogP contribution in [0.1, 0.15) is 32.8 Å². The number of halogens is 2. The Morgan fingerprint density at radius 2 is 2.11 bits per heavy atom. The van der Waals surface area contributed by atoms with Gasteiger partial charge < -0.3 is 4.90 Å². The van der Waals surface area contributed by atoms with Crippen molar-refractivity contribution in [2.75, 3.05) is 18.0 Å². The Balaban J connectivity index is 2.19. The topological polar surface area (TPSA) is 3.24 Å². The molecule has 1 unspecified atom stereocenters. The van der Waals surface area contributed by atoms with Gasteiger partial charge in [0.2, 0.25) is 0 Å². The molecule has 1 nitrogen and oxygen atoms in total. The zero-order valence-electron chi connectivity index (χ0n) is 11.3. The molecule has 0 spiro atoms. The molecule has 1 aromatic rings. The van der Waals surface area contributed by atoms with Crippen molar-refractivity contribution in [2.45, 2.75) is 32.5 Å². The third-order valence-electron chi connectivity index (χ3n) is 3.94. The molecule has 1 aromatic carbocycles. The van der Waals surface area contributed by atoms with E-state index in [1.54, 1.807) is 12.1 Å². The summed E-state index contributed by atoms with van der Waals surface area (Å²) in [5.74, 6) is 0.561. The van der Waals surface area contributed by atoms with Crippen LogP contribution in [0, 0.1) is 17.2 Å². The van der Waals surface area contributed by atoms with E-state index in [-0.39, 0.29) is 5.82 Å². The summed E-state index contributed by atoms with van der Waals surface area (Å²) in [4.78, 5) is 2.39. The molecule has 0 amide bonds. The van der Waals surface area contributed by atoms with E-state index in [9.17, 15) is 4.39 Å². The van der Waals surface area contributed by atoms with Gasteiger partial charge in [-0.1, -0.05) is 36.7 Å². The Hall–Kier alpha value is -0.570. The Morgan fingerprint density at radius 3 is 2.67 bits per heavy atom. The van der Waals surface area contributed by atoms with Gasteiger partial charge in [-0.15, -0.1) is 0 Å². The molecule has 1 saturated heterocycles. The summed E-state index contributed by atoms with van der Waals surface area (Å²) < 4.78 is 13.2. The largest absolute Gasteiger partial charge is 0.371 e. The summed E-state index contributed by atoms with van der Waals surface area (Å²) in [6.07, 6.45) is 1.22. The molecular weight excluding hydrogens is 293 g/mol. The number of rotatable bonds is 2. The van der Waals surface area contributed by atoms with E-state index in [1.165, 1.54) is 12.1 Å². The lowest BCUT2D eigenvalue weighted by Gasteiger charge is -2.28. The average Bonchev–Trinajstić information content (AvgIpc) is 2.77. The Labute approximate surface area is 118 Å². The minimum absolute atomic E-state index is 0.153. The predicted octanol–water partition coefficient (Wildman–Crippen LogP) is 4.59. The summed E-state index contributed by atoms with van der Waals surface area (Å²) >= 11 is 3.45. The summed E-state index contributed by atoms with van der Waals surface area (Å²) in [5.41, 5.74) is 2.58. The van der Waals surface area contributed by atoms with E-state index in [4.69, 9.17) is 0 Å². The van der Waals surface area contributed by atoms with Gasteiger partial charge in [0, 0.05) is 24.1 Å². The fourth-order valence-electron chi connectivity index (χ4n) is 2.66. The van der Waals surface area contributed by atoms with Crippen LogP contribution in [-0.2, 0) is 5.33 Å². The molecule has 0 saturated carbocycles. The van der Waals surface area contributed by atoms with Crippen LogP contribution in [0.4, 0.5) is 10.1 Å². The molecule has 1 aliphatic rings. The van der Waals surface area contributed by atoms with Gasteiger partial charge in [0.15, 0.2) is 0 Å². The van der Waals surface area contributed by atoms with Crippen LogP contribution in [0.2, 0.25) is 0 Å². The zero-order chi connectivity index (χ0) is 13.3. The molecule has 3 heteroatoms. The maximum atomic E-state index is 13.2. The van der Waals surface area contributed by atoms with Crippen molar-refractivity contribution >= 4 is 21.6 Å². The van der Waals surface area contributed by atoms with Gasteiger partial charge in [-0.05, 0) is 41.5 Å². The quantitative estimate of drug-likeness (QED) is 0.722. The molecule has 1 heterocycles. The molecule has 0 aliphatic carbocycles. The number of hydrogen-bond acceptors (Lipinski definition) is 1. The van der Waals surface area contributed by atoms with E-state index in [0.29, 0.717) is 16.7 Å². The fraction of sp³-hybridized carbons (Fsp3) is 0.600. The van der Waals surface area contributed by atoms with Crippen molar-refractivity contribution < 1.29 is 4.39 Å². The van der Waals surface area contributed by atoms with Gasteiger partial charge in [-0.25, -0.2) is 4.39 Å². The van der Waals surface area contributed by atoms with E-state index in [0.717, 1.165) is 18.7 Å². The Kier molecular flexibility index (Phi) is 4.00. The van der Waals surface area contributed by atoms with Gasteiger partial charge in [0.1, 0.15) is 5.82 Å². The van der Waals surface area contributed by atoms with Crippen molar-refractivity contribution in [1.29, 1.82) is 0 Å². The lowest BCUT2D eigenvalue weighted by molar-refractivity contribution is 0.263. The first kappa shape index (κ1) is 13.9. The monoisotopic (exact) mass is 313 g/mol. The van der Waals surface area contributed by atoms with Crippen molar-refractivity contribution in [2.24, 2.45) is 11.3 Å². The van der Waals surface area contributed by atoms with E-state index >= 15 is 0 Å². The smallest absolute Gasteiger partial charge is 0.123 e. The molecule has 0 radical (unpaired) electrons. The van der Waals surface area contributed by atoms with Gasteiger partial charge in [0.05, 0.1) is 0 Å². The van der Waals surface area contributed by atoms with Gasteiger partial charge in [0.25, 0.3) is 0 Å². The molecule has 1 fully saturated rings. The molecule has 1 aliphatic heterocycles. The highest BCUT2D eigenvalue weighted by atomic mass is 79.9. The summed E-state index contributed by atoms with van der Waals surface area (Å²) in [6, 6.07) is 5.11. The van der Waals surface area contributed by atoms with E-state index < -0.39 is 0 Å². The van der Waals surface area contributed by atoms with Gasteiger partial charge in [-0.3, -0.25) is 0 Å². The lowest BCUT2D eigenvalue weighted by atomic mass is 9.80. The summed E-state index contributed by atoms with van der Waals surface area (Å²) in [6.45, 7) is 9.06. The summed E-state index contributed by atoms with van der Waals surface area (Å²) in [5, 5.41) is 0.705.